The molecule has 4 heteroatoms. The maximum absolute atomic E-state index is 13.9. The summed E-state index contributed by atoms with van der Waals surface area (Å²) in [6, 6.07) is 4.61. The van der Waals surface area contributed by atoms with Crippen molar-refractivity contribution in [1.29, 1.82) is 0 Å². The zero-order valence-corrected chi connectivity index (χ0v) is 12.5. The molecule has 0 saturated heterocycles. The Morgan fingerprint density at radius 1 is 1.30 bits per heavy atom. The maximum Gasteiger partial charge on any atom is 0.163 e. The van der Waals surface area contributed by atoms with E-state index in [1.807, 2.05) is 0 Å². The van der Waals surface area contributed by atoms with Crippen LogP contribution < -0.4 is 5.32 Å². The fourth-order valence-electron chi connectivity index (χ4n) is 2.50. The Labute approximate surface area is 120 Å². The second-order valence-corrected chi connectivity index (χ2v) is 5.98. The van der Waals surface area contributed by atoms with Crippen LogP contribution >= 0.6 is 0 Å². The van der Waals surface area contributed by atoms with E-state index in [1.165, 1.54) is 12.8 Å². The van der Waals surface area contributed by atoms with E-state index in [4.69, 9.17) is 0 Å². The minimum Gasteiger partial charge on any atom is -0.312 e. The number of hydrogen-bond acceptors (Lipinski definition) is 2. The van der Waals surface area contributed by atoms with Crippen LogP contribution in [0.25, 0.3) is 0 Å². The highest BCUT2D eigenvalue weighted by Gasteiger charge is 2.27. The Morgan fingerprint density at radius 2 is 2.00 bits per heavy atom. The number of benzene rings is 1. The molecule has 1 saturated carbocycles. The third kappa shape index (κ3) is 3.76. The van der Waals surface area contributed by atoms with E-state index in [-0.39, 0.29) is 6.04 Å². The molecule has 1 fully saturated rings. The maximum atomic E-state index is 13.9. The molecule has 112 valence electrons. The number of nitrogens with one attached hydrogen (secondary N) is 1. The highest BCUT2D eigenvalue weighted by atomic mass is 19.2. The van der Waals surface area contributed by atoms with Gasteiger partial charge in [-0.1, -0.05) is 12.1 Å². The van der Waals surface area contributed by atoms with Crippen molar-refractivity contribution >= 4 is 0 Å². The molecule has 0 radical (unpaired) electrons. The van der Waals surface area contributed by atoms with Gasteiger partial charge < -0.3 is 5.32 Å². The van der Waals surface area contributed by atoms with E-state index < -0.39 is 11.6 Å². The number of hydrogen-bond donors (Lipinski definition) is 1. The van der Waals surface area contributed by atoms with Crippen molar-refractivity contribution in [3.05, 3.63) is 35.4 Å². The Hall–Kier alpha value is -1.00. The largest absolute Gasteiger partial charge is 0.312 e. The molecular weight excluding hydrogens is 258 g/mol. The van der Waals surface area contributed by atoms with E-state index in [0.717, 1.165) is 18.5 Å². The summed E-state index contributed by atoms with van der Waals surface area (Å²) in [5.74, 6) is -0.727. The first kappa shape index (κ1) is 15.4. The number of halogens is 2. The van der Waals surface area contributed by atoms with Crippen LogP contribution in [0.2, 0.25) is 0 Å². The van der Waals surface area contributed by atoms with Gasteiger partial charge in [-0.25, -0.2) is 8.78 Å². The SMILES string of the molecule is CNC(CN(CC1CC1)C(C)C)c1cccc(F)c1F. The second kappa shape index (κ2) is 6.64. The molecule has 2 rings (SSSR count). The topological polar surface area (TPSA) is 15.3 Å². The van der Waals surface area contributed by atoms with Crippen LogP contribution in [0.4, 0.5) is 8.78 Å². The Morgan fingerprint density at radius 3 is 2.55 bits per heavy atom. The molecular formula is C16H24F2N2. The molecule has 20 heavy (non-hydrogen) atoms. The van der Waals surface area contributed by atoms with Crippen LogP contribution in [0.1, 0.15) is 38.3 Å². The molecule has 2 nitrogen and oxygen atoms in total. The average Bonchev–Trinajstić information content (AvgIpc) is 3.22. The van der Waals surface area contributed by atoms with Crippen molar-refractivity contribution in [2.45, 2.75) is 38.8 Å². The lowest BCUT2D eigenvalue weighted by molar-refractivity contribution is 0.190. The van der Waals surface area contributed by atoms with E-state index in [9.17, 15) is 8.78 Å². The molecule has 0 aromatic heterocycles. The van der Waals surface area contributed by atoms with E-state index in [0.29, 0.717) is 18.2 Å². The smallest absolute Gasteiger partial charge is 0.163 e. The predicted molar refractivity (Wildman–Crippen MR) is 77.6 cm³/mol. The van der Waals surface area contributed by atoms with Gasteiger partial charge in [0.1, 0.15) is 0 Å². The van der Waals surface area contributed by atoms with Crippen molar-refractivity contribution in [2.75, 3.05) is 20.1 Å². The minimum atomic E-state index is -0.777. The molecule has 0 amide bonds. The molecule has 1 N–H and O–H groups in total. The predicted octanol–water partition coefficient (Wildman–Crippen LogP) is 3.35. The molecule has 0 spiro atoms. The third-order valence-corrected chi connectivity index (χ3v) is 4.04. The van der Waals surface area contributed by atoms with Gasteiger partial charge in [0.05, 0.1) is 0 Å². The summed E-state index contributed by atoms with van der Waals surface area (Å²) in [7, 11) is 1.80. The monoisotopic (exact) mass is 282 g/mol. The lowest BCUT2D eigenvalue weighted by Gasteiger charge is -2.31. The quantitative estimate of drug-likeness (QED) is 0.825. The summed E-state index contributed by atoms with van der Waals surface area (Å²) < 4.78 is 27.3. The standard InChI is InChI=1S/C16H24F2N2/c1-11(2)20(9-12-7-8-12)10-15(19-3)13-5-4-6-14(17)16(13)18/h4-6,11-12,15,19H,7-10H2,1-3H3. The summed E-state index contributed by atoms with van der Waals surface area (Å²) in [5.41, 5.74) is 0.411. The lowest BCUT2D eigenvalue weighted by Crippen LogP contribution is -2.39. The molecule has 0 bridgehead atoms. The van der Waals surface area contributed by atoms with Crippen molar-refractivity contribution in [3.8, 4) is 0 Å². The first-order valence-electron chi connectivity index (χ1n) is 7.38. The van der Waals surface area contributed by atoms with Crippen LogP contribution in [0.3, 0.4) is 0 Å². The van der Waals surface area contributed by atoms with E-state index in [1.54, 1.807) is 19.2 Å². The molecule has 0 aliphatic heterocycles. The lowest BCUT2D eigenvalue weighted by atomic mass is 10.0. The summed E-state index contributed by atoms with van der Waals surface area (Å²) >= 11 is 0. The molecule has 0 heterocycles. The average molecular weight is 282 g/mol. The molecule has 1 aromatic carbocycles. The van der Waals surface area contributed by atoms with Gasteiger partial charge in [0, 0.05) is 30.7 Å². The van der Waals surface area contributed by atoms with Gasteiger partial charge in [-0.15, -0.1) is 0 Å². The van der Waals surface area contributed by atoms with E-state index >= 15 is 0 Å². The van der Waals surface area contributed by atoms with Crippen LogP contribution in [-0.2, 0) is 0 Å². The molecule has 1 aromatic rings. The summed E-state index contributed by atoms with van der Waals surface area (Å²) in [6.45, 7) is 6.05. The van der Waals surface area contributed by atoms with Crippen LogP contribution in [-0.4, -0.2) is 31.1 Å². The second-order valence-electron chi connectivity index (χ2n) is 5.98. The number of rotatable bonds is 7. The van der Waals surface area contributed by atoms with Crippen LogP contribution in [0.15, 0.2) is 18.2 Å². The van der Waals surface area contributed by atoms with Gasteiger partial charge in [-0.05, 0) is 45.7 Å². The van der Waals surface area contributed by atoms with Crippen LogP contribution in [0, 0.1) is 17.6 Å². The molecule has 1 aliphatic rings. The van der Waals surface area contributed by atoms with Crippen molar-refractivity contribution < 1.29 is 8.78 Å². The minimum absolute atomic E-state index is 0.188. The number of likely N-dealkylation sites (N-methyl/N-ethyl adjacent to an activating group) is 1. The Kier molecular flexibility index (Phi) is 5.11. The van der Waals surface area contributed by atoms with Gasteiger partial charge >= 0.3 is 0 Å². The summed E-state index contributed by atoms with van der Waals surface area (Å²) in [4.78, 5) is 2.35. The first-order chi connectivity index (χ1) is 9.52. The Balaban J connectivity index is 2.11. The van der Waals surface area contributed by atoms with Gasteiger partial charge in [-0.2, -0.15) is 0 Å². The summed E-state index contributed by atoms with van der Waals surface area (Å²) in [6.07, 6.45) is 2.59. The molecule has 1 atom stereocenters. The van der Waals surface area contributed by atoms with Gasteiger partial charge in [0.25, 0.3) is 0 Å². The number of nitrogens with zero attached hydrogens (tertiary/aromatic N) is 1. The van der Waals surface area contributed by atoms with Gasteiger partial charge in [0.15, 0.2) is 11.6 Å². The third-order valence-electron chi connectivity index (χ3n) is 4.04. The Bertz CT molecular complexity index is 444. The highest BCUT2D eigenvalue weighted by molar-refractivity contribution is 5.23. The van der Waals surface area contributed by atoms with Crippen LogP contribution in [0.5, 0.6) is 0 Å². The normalized spacial score (nSPS) is 16.9. The zero-order valence-electron chi connectivity index (χ0n) is 12.5. The van der Waals surface area contributed by atoms with Gasteiger partial charge in [-0.3, -0.25) is 4.90 Å². The van der Waals surface area contributed by atoms with Crippen molar-refractivity contribution in [3.63, 3.8) is 0 Å². The van der Waals surface area contributed by atoms with Crippen molar-refractivity contribution in [1.82, 2.24) is 10.2 Å². The zero-order chi connectivity index (χ0) is 14.7. The highest BCUT2D eigenvalue weighted by Crippen LogP contribution is 2.31. The first-order valence-corrected chi connectivity index (χ1v) is 7.38. The van der Waals surface area contributed by atoms with Gasteiger partial charge in [0.2, 0.25) is 0 Å². The molecule has 1 aliphatic carbocycles. The fourth-order valence-corrected chi connectivity index (χ4v) is 2.50. The summed E-state index contributed by atoms with van der Waals surface area (Å²) in [5, 5.41) is 3.12. The molecule has 1 unspecified atom stereocenters. The van der Waals surface area contributed by atoms with E-state index in [2.05, 4.69) is 24.1 Å². The van der Waals surface area contributed by atoms with Crippen molar-refractivity contribution in [2.24, 2.45) is 5.92 Å². The fraction of sp³-hybridized carbons (Fsp3) is 0.625.